The van der Waals surface area contributed by atoms with Crippen LogP contribution >= 0.6 is 12.2 Å². The molecule has 0 radical (unpaired) electrons. The van der Waals surface area contributed by atoms with E-state index in [9.17, 15) is 4.79 Å². The van der Waals surface area contributed by atoms with E-state index >= 15 is 0 Å². The second kappa shape index (κ2) is 6.84. The van der Waals surface area contributed by atoms with Gasteiger partial charge >= 0.3 is 5.97 Å². The van der Waals surface area contributed by atoms with Gasteiger partial charge in [0.25, 0.3) is 0 Å². The summed E-state index contributed by atoms with van der Waals surface area (Å²) in [5.41, 5.74) is 1.32. The number of aromatic nitrogens is 3. The molecule has 120 valence electrons. The molecule has 2 aromatic rings. The molecule has 1 aromatic carbocycles. The van der Waals surface area contributed by atoms with Crippen molar-refractivity contribution < 1.29 is 14.3 Å². The minimum Gasteiger partial charge on any atom is -0.465 e. The van der Waals surface area contributed by atoms with Crippen molar-refractivity contribution in [3.05, 3.63) is 46.0 Å². The van der Waals surface area contributed by atoms with Gasteiger partial charge in [-0.2, -0.15) is 14.9 Å². The van der Waals surface area contributed by atoms with Crippen molar-refractivity contribution in [3.8, 4) is 0 Å². The van der Waals surface area contributed by atoms with Crippen LogP contribution in [0.5, 0.6) is 0 Å². The van der Waals surface area contributed by atoms with Gasteiger partial charge in [-0.1, -0.05) is 12.1 Å². The van der Waals surface area contributed by atoms with E-state index in [-0.39, 0.29) is 12.1 Å². The maximum atomic E-state index is 11.4. The van der Waals surface area contributed by atoms with Crippen LogP contribution in [0.25, 0.3) is 0 Å². The van der Waals surface area contributed by atoms with E-state index in [0.717, 1.165) is 25.0 Å². The zero-order valence-corrected chi connectivity index (χ0v) is 13.4. The lowest BCUT2D eigenvalue weighted by Gasteiger charge is -2.07. The molecule has 1 aromatic heterocycles. The lowest BCUT2D eigenvalue weighted by atomic mass is 10.1. The molecule has 0 unspecified atom stereocenters. The number of esters is 1. The highest BCUT2D eigenvalue weighted by Gasteiger charge is 2.23. The van der Waals surface area contributed by atoms with Crippen LogP contribution in [-0.4, -0.2) is 40.8 Å². The zero-order valence-electron chi connectivity index (χ0n) is 12.6. The molecule has 23 heavy (non-hydrogen) atoms. The van der Waals surface area contributed by atoms with E-state index < -0.39 is 0 Å². The third kappa shape index (κ3) is 3.38. The number of carbonyl (C=O) groups excluding carboxylic acids is 1. The second-order valence-corrected chi connectivity index (χ2v) is 5.45. The van der Waals surface area contributed by atoms with Gasteiger partial charge < -0.3 is 9.47 Å². The van der Waals surface area contributed by atoms with E-state index in [1.807, 2.05) is 0 Å². The number of hydrogen-bond donors (Lipinski definition) is 1. The van der Waals surface area contributed by atoms with Gasteiger partial charge in [0.15, 0.2) is 5.82 Å². The van der Waals surface area contributed by atoms with Gasteiger partial charge in [0.2, 0.25) is 4.77 Å². The number of ether oxygens (including phenoxy) is 2. The predicted molar refractivity (Wildman–Crippen MR) is 86.1 cm³/mol. The first-order valence-corrected chi connectivity index (χ1v) is 7.61. The average molecular weight is 332 g/mol. The van der Waals surface area contributed by atoms with Crippen molar-refractivity contribution in [2.75, 3.05) is 13.7 Å². The van der Waals surface area contributed by atoms with Crippen LogP contribution in [0.2, 0.25) is 0 Å². The molecule has 8 heteroatoms. The Morgan fingerprint density at radius 1 is 1.52 bits per heavy atom. The molecular formula is C15H16N4O3S. The van der Waals surface area contributed by atoms with E-state index in [2.05, 4.69) is 20.0 Å². The van der Waals surface area contributed by atoms with Crippen LogP contribution in [0.3, 0.4) is 0 Å². The third-order valence-electron chi connectivity index (χ3n) is 3.55. The lowest BCUT2D eigenvalue weighted by molar-refractivity contribution is 0.0600. The highest BCUT2D eigenvalue weighted by Crippen LogP contribution is 2.26. The van der Waals surface area contributed by atoms with E-state index in [1.165, 1.54) is 7.11 Å². The molecule has 1 atom stereocenters. The van der Waals surface area contributed by atoms with Crippen LogP contribution in [0.4, 0.5) is 0 Å². The first-order chi connectivity index (χ1) is 11.2. The molecule has 1 aliphatic rings. The smallest absolute Gasteiger partial charge is 0.337 e. The van der Waals surface area contributed by atoms with Crippen molar-refractivity contribution in [3.63, 3.8) is 0 Å². The molecule has 2 heterocycles. The number of nitrogens with zero attached hydrogens (tertiary/aromatic N) is 3. The quantitative estimate of drug-likeness (QED) is 0.528. The Bertz CT molecular complexity index is 773. The summed E-state index contributed by atoms with van der Waals surface area (Å²) in [4.78, 5) is 11.4. The van der Waals surface area contributed by atoms with Crippen LogP contribution in [-0.2, 0) is 9.47 Å². The Hall–Kier alpha value is -2.32. The number of rotatable bonds is 4. The fraction of sp³-hybridized carbons (Fsp3) is 0.333. The first-order valence-electron chi connectivity index (χ1n) is 7.20. The van der Waals surface area contributed by atoms with Gasteiger partial charge in [-0.15, -0.1) is 0 Å². The van der Waals surface area contributed by atoms with Gasteiger partial charge in [-0.25, -0.2) is 4.79 Å². The van der Waals surface area contributed by atoms with Gasteiger partial charge in [0, 0.05) is 6.61 Å². The Labute approximate surface area is 137 Å². The van der Waals surface area contributed by atoms with Crippen molar-refractivity contribution in [2.45, 2.75) is 18.9 Å². The van der Waals surface area contributed by atoms with E-state index in [1.54, 1.807) is 35.2 Å². The molecule has 0 saturated carbocycles. The number of carbonyl (C=O) groups is 1. The summed E-state index contributed by atoms with van der Waals surface area (Å²) in [6.45, 7) is 0.725. The summed E-state index contributed by atoms with van der Waals surface area (Å²) < 4.78 is 12.3. The SMILES string of the molecule is COC(=O)c1ccc(/C=N\n2c([C@H]3CCCO3)n[nH]c2=S)cc1. The van der Waals surface area contributed by atoms with Crippen LogP contribution in [0, 0.1) is 4.77 Å². The Kier molecular flexibility index (Phi) is 4.63. The summed E-state index contributed by atoms with van der Waals surface area (Å²) in [5, 5.41) is 11.3. The second-order valence-electron chi connectivity index (χ2n) is 5.06. The van der Waals surface area contributed by atoms with Crippen LogP contribution in [0.15, 0.2) is 29.4 Å². The van der Waals surface area contributed by atoms with Crippen LogP contribution in [0.1, 0.15) is 40.7 Å². The molecule has 1 fully saturated rings. The number of H-pyrrole nitrogens is 1. The Balaban J connectivity index is 1.81. The predicted octanol–water partition coefficient (Wildman–Crippen LogP) is 2.46. The molecule has 0 bridgehead atoms. The zero-order chi connectivity index (χ0) is 16.2. The highest BCUT2D eigenvalue weighted by atomic mass is 32.1. The largest absolute Gasteiger partial charge is 0.465 e. The molecular weight excluding hydrogens is 316 g/mol. The highest BCUT2D eigenvalue weighted by molar-refractivity contribution is 7.71. The van der Waals surface area contributed by atoms with E-state index in [0.29, 0.717) is 16.2 Å². The summed E-state index contributed by atoms with van der Waals surface area (Å²) >= 11 is 5.21. The maximum absolute atomic E-state index is 11.4. The fourth-order valence-electron chi connectivity index (χ4n) is 2.35. The van der Waals surface area contributed by atoms with Gasteiger partial charge in [-0.3, -0.25) is 5.10 Å². The Morgan fingerprint density at radius 3 is 2.96 bits per heavy atom. The van der Waals surface area contributed by atoms with Crippen molar-refractivity contribution in [2.24, 2.45) is 5.10 Å². The van der Waals surface area contributed by atoms with Gasteiger partial charge in [-0.05, 0) is 42.8 Å². The van der Waals surface area contributed by atoms with Crippen molar-refractivity contribution in [1.29, 1.82) is 0 Å². The molecule has 3 rings (SSSR count). The first kappa shape index (κ1) is 15.6. The minimum absolute atomic E-state index is 0.0817. The Morgan fingerprint density at radius 2 is 2.30 bits per heavy atom. The number of hydrogen-bond acceptors (Lipinski definition) is 6. The molecule has 0 aliphatic carbocycles. The van der Waals surface area contributed by atoms with E-state index in [4.69, 9.17) is 17.0 Å². The minimum atomic E-state index is -0.369. The molecule has 0 amide bonds. The molecule has 1 saturated heterocycles. The topological polar surface area (TPSA) is 81.5 Å². The van der Waals surface area contributed by atoms with Crippen LogP contribution < -0.4 is 0 Å². The standard InChI is InChI=1S/C15H16N4O3S/c1-21-14(20)11-6-4-10(5-7-11)9-16-19-13(17-18-15(19)23)12-3-2-8-22-12/h4-7,9,12H,2-3,8H2,1H3,(H,18,23)/b16-9-/t12-/m1/s1. The number of nitrogens with one attached hydrogen (secondary N) is 1. The monoisotopic (exact) mass is 332 g/mol. The van der Waals surface area contributed by atoms with Crippen molar-refractivity contribution >= 4 is 24.4 Å². The maximum Gasteiger partial charge on any atom is 0.337 e. The molecule has 0 spiro atoms. The summed E-state index contributed by atoms with van der Waals surface area (Å²) in [6.07, 6.45) is 3.48. The summed E-state index contributed by atoms with van der Waals surface area (Å²) in [7, 11) is 1.35. The third-order valence-corrected chi connectivity index (χ3v) is 3.81. The van der Waals surface area contributed by atoms with Gasteiger partial charge in [0.05, 0.1) is 18.9 Å². The molecule has 1 aliphatic heterocycles. The average Bonchev–Trinajstić information content (AvgIpc) is 3.22. The fourth-order valence-corrected chi connectivity index (χ4v) is 2.54. The lowest BCUT2D eigenvalue weighted by Crippen LogP contribution is -2.05. The molecule has 7 nitrogen and oxygen atoms in total. The number of aromatic amines is 1. The summed E-state index contributed by atoms with van der Waals surface area (Å²) in [5.74, 6) is 0.307. The summed E-state index contributed by atoms with van der Waals surface area (Å²) in [6, 6.07) is 6.93. The molecule has 1 N–H and O–H groups in total. The number of benzene rings is 1. The van der Waals surface area contributed by atoms with Gasteiger partial charge in [0.1, 0.15) is 6.10 Å². The van der Waals surface area contributed by atoms with Crippen molar-refractivity contribution in [1.82, 2.24) is 14.9 Å². The number of methoxy groups -OCH3 is 1. The normalized spacial score (nSPS) is 17.7.